The van der Waals surface area contributed by atoms with Crippen LogP contribution in [0.25, 0.3) is 0 Å². The number of aliphatic hydroxyl groups is 1. The predicted molar refractivity (Wildman–Crippen MR) is 207 cm³/mol. The van der Waals surface area contributed by atoms with Gasteiger partial charge in [-0.1, -0.05) is 96.8 Å². The number of esters is 2. The number of hydrogen-bond donors (Lipinski definition) is 2. The number of rotatable bonds is 13. The number of halogens is 2. The molecule has 46 heavy (non-hydrogen) atoms. The Labute approximate surface area is 305 Å². The van der Waals surface area contributed by atoms with E-state index >= 15 is 0 Å². The van der Waals surface area contributed by atoms with E-state index in [1.807, 2.05) is 0 Å². The van der Waals surface area contributed by atoms with E-state index in [9.17, 15) is 9.59 Å². The summed E-state index contributed by atoms with van der Waals surface area (Å²) in [6.45, 7) is 33.6. The van der Waals surface area contributed by atoms with Crippen molar-refractivity contribution in [2.75, 3.05) is 27.4 Å². The molecule has 11 nitrogen and oxygen atoms in total. The van der Waals surface area contributed by atoms with Crippen molar-refractivity contribution in [1.29, 1.82) is 0 Å². The van der Waals surface area contributed by atoms with Crippen LogP contribution in [0.4, 0.5) is 0 Å². The number of hydrogen-bond acceptors (Lipinski definition) is 11. The molecule has 0 spiro atoms. The van der Waals surface area contributed by atoms with Gasteiger partial charge in [-0.3, -0.25) is 27.4 Å². The van der Waals surface area contributed by atoms with Gasteiger partial charge in [-0.15, -0.1) is 0 Å². The van der Waals surface area contributed by atoms with Crippen molar-refractivity contribution in [3.05, 3.63) is 0 Å². The molecule has 0 aromatic heterocycles. The monoisotopic (exact) mass is 889 g/mol. The van der Waals surface area contributed by atoms with E-state index < -0.39 is 60.1 Å². The van der Waals surface area contributed by atoms with Crippen LogP contribution in [0, 0.1) is 0 Å². The van der Waals surface area contributed by atoms with Crippen LogP contribution in [-0.2, 0) is 41.3 Å². The molecule has 0 atom stereocenters. The Morgan fingerprint density at radius 2 is 0.913 bits per heavy atom. The van der Waals surface area contributed by atoms with Gasteiger partial charge in [-0.2, -0.15) is 0 Å². The zero-order chi connectivity index (χ0) is 38.6. The SMILES string of the molecule is CC(C)(Br)C(=O)OCCC[Si](C)(C)C.CO.CO[Si](C)(C)CCCOC(=O)C(C)(C)Br.C[Si](C)(C)N[Si](C)(C)C.O=[Si]=O.O=[Si]=O. The summed E-state index contributed by atoms with van der Waals surface area (Å²) in [6, 6.07) is 2.22. The molecule has 2 N–H and O–H groups in total. The molecule has 0 heterocycles. The fourth-order valence-corrected chi connectivity index (χ4v) is 14.6. The first kappa shape index (κ1) is 58.5. The number of ether oxygens (including phenoxy) is 2. The second-order valence-corrected chi connectivity index (χ2v) is 39.1. The molecule has 0 aliphatic heterocycles. The molecular weight excluding hydrogens is 827 g/mol. The summed E-state index contributed by atoms with van der Waals surface area (Å²) in [6.07, 6.45) is 1.87. The lowest BCUT2D eigenvalue weighted by atomic mass is 10.2. The Balaban J connectivity index is -0.000000119. The van der Waals surface area contributed by atoms with Crippen molar-refractivity contribution in [3.63, 3.8) is 0 Å². The largest absolute Gasteiger partial charge is 0.549 e. The zero-order valence-electron chi connectivity index (χ0n) is 31.6. The van der Waals surface area contributed by atoms with Gasteiger partial charge in [0.25, 0.3) is 0 Å². The predicted octanol–water partition coefficient (Wildman–Crippen LogP) is 6.99. The van der Waals surface area contributed by atoms with E-state index in [-0.39, 0.29) is 11.9 Å². The Morgan fingerprint density at radius 3 is 1.09 bits per heavy atom. The first-order valence-corrected chi connectivity index (χ1v) is 31.9. The van der Waals surface area contributed by atoms with Crippen molar-refractivity contribution >= 4 is 95.2 Å². The van der Waals surface area contributed by atoms with Gasteiger partial charge in [0.05, 0.1) is 13.2 Å². The third-order valence-corrected chi connectivity index (χ3v) is 15.9. The number of alkyl halides is 2. The second-order valence-electron chi connectivity index (χ2n) is 14.7. The van der Waals surface area contributed by atoms with Crippen LogP contribution in [-0.4, -0.2) is 105 Å². The van der Waals surface area contributed by atoms with E-state index in [4.69, 9.17) is 36.9 Å². The maximum Gasteiger partial charge on any atom is 0.549 e. The van der Waals surface area contributed by atoms with Crippen LogP contribution in [0.15, 0.2) is 0 Å². The van der Waals surface area contributed by atoms with Crippen LogP contribution in [0.5, 0.6) is 0 Å². The topological polar surface area (TPSA) is 162 Å². The van der Waals surface area contributed by atoms with E-state index in [1.165, 1.54) is 6.04 Å². The second kappa shape index (κ2) is 30.1. The van der Waals surface area contributed by atoms with Crippen LogP contribution >= 0.6 is 31.9 Å². The average molecular weight is 892 g/mol. The Bertz CT molecular complexity index is 830. The highest BCUT2D eigenvalue weighted by molar-refractivity contribution is 9.10. The molecule has 0 amide bonds. The van der Waals surface area contributed by atoms with Crippen molar-refractivity contribution in [1.82, 2.24) is 4.65 Å². The average Bonchev–Trinajstić information content (AvgIpc) is 2.83. The third kappa shape index (κ3) is 59.7. The Morgan fingerprint density at radius 1 is 0.652 bits per heavy atom. The van der Waals surface area contributed by atoms with Gasteiger partial charge in [-0.05, 0) is 59.7 Å². The van der Waals surface area contributed by atoms with Gasteiger partial charge in [0.2, 0.25) is 0 Å². The molecule has 0 unspecified atom stereocenters. The van der Waals surface area contributed by atoms with Gasteiger partial charge < -0.3 is 23.7 Å². The highest BCUT2D eigenvalue weighted by Crippen LogP contribution is 2.19. The highest BCUT2D eigenvalue weighted by atomic mass is 79.9. The molecule has 0 radical (unpaired) electrons. The fourth-order valence-electron chi connectivity index (χ4n) is 3.00. The van der Waals surface area contributed by atoms with Gasteiger partial charge in [0, 0.05) is 22.3 Å². The molecular formula is C27H65Br2NO10Si6. The summed E-state index contributed by atoms with van der Waals surface area (Å²) in [7, 11) is -4.52. The molecule has 0 aliphatic rings. The zero-order valence-corrected chi connectivity index (χ0v) is 40.8. The summed E-state index contributed by atoms with van der Waals surface area (Å²) in [5, 5.41) is 7.00. The molecule has 276 valence electrons. The maximum atomic E-state index is 11.4. The summed E-state index contributed by atoms with van der Waals surface area (Å²) >= 11 is 6.53. The summed E-state index contributed by atoms with van der Waals surface area (Å²) in [4.78, 5) is 22.7. The van der Waals surface area contributed by atoms with Gasteiger partial charge in [-0.25, -0.2) is 0 Å². The van der Waals surface area contributed by atoms with E-state index in [0.29, 0.717) is 13.2 Å². The quantitative estimate of drug-likeness (QED) is 0.0849. The normalized spacial score (nSPS) is 11.2. The van der Waals surface area contributed by atoms with E-state index in [0.717, 1.165) is 26.0 Å². The Hall–Kier alpha value is 0.281. The summed E-state index contributed by atoms with van der Waals surface area (Å²) in [5.41, 5.74) is 0. The van der Waals surface area contributed by atoms with Gasteiger partial charge >= 0.3 is 30.5 Å². The molecule has 0 saturated carbocycles. The number of nitrogens with one attached hydrogen (secondary N) is 1. The van der Waals surface area contributed by atoms with Crippen molar-refractivity contribution in [3.8, 4) is 0 Å². The molecule has 0 aliphatic carbocycles. The van der Waals surface area contributed by atoms with Gasteiger partial charge in [0.15, 0.2) is 8.32 Å². The minimum Gasteiger partial charge on any atom is -0.465 e. The van der Waals surface area contributed by atoms with Crippen LogP contribution in [0.1, 0.15) is 40.5 Å². The summed E-state index contributed by atoms with van der Waals surface area (Å²) < 4.78 is 51.9. The van der Waals surface area contributed by atoms with Crippen LogP contribution in [0.3, 0.4) is 0 Å². The Kier molecular flexibility index (Phi) is 38.3. The van der Waals surface area contributed by atoms with Crippen LogP contribution in [0.2, 0.25) is 84.1 Å². The van der Waals surface area contributed by atoms with Crippen molar-refractivity contribution in [2.45, 2.75) is 133 Å². The molecule has 0 saturated heterocycles. The fraction of sp³-hybridized carbons (Fsp3) is 0.926. The van der Waals surface area contributed by atoms with Crippen molar-refractivity contribution in [2.24, 2.45) is 0 Å². The molecule has 0 bridgehead atoms. The number of carbonyl (C=O) groups is 2. The summed E-state index contributed by atoms with van der Waals surface area (Å²) in [5.74, 6) is -0.382. The molecule has 0 fully saturated rings. The number of carbonyl (C=O) groups excluding carboxylic acids is 2. The lowest BCUT2D eigenvalue weighted by Gasteiger charge is -2.28. The smallest absolute Gasteiger partial charge is 0.465 e. The minimum absolute atomic E-state index is 0.173. The first-order chi connectivity index (χ1) is 20.4. The molecule has 0 aromatic carbocycles. The van der Waals surface area contributed by atoms with Gasteiger partial charge in [0.1, 0.15) is 25.1 Å². The number of aliphatic hydroxyl groups excluding tert-OH is 1. The molecule has 0 aromatic rings. The first-order valence-electron chi connectivity index (χ1n) is 14.9. The minimum atomic E-state index is -1.50. The highest BCUT2D eigenvalue weighted by Gasteiger charge is 2.27. The van der Waals surface area contributed by atoms with E-state index in [2.05, 4.69) is 109 Å². The van der Waals surface area contributed by atoms with E-state index in [1.54, 1.807) is 34.8 Å². The molecule has 0 rings (SSSR count). The van der Waals surface area contributed by atoms with Crippen molar-refractivity contribution < 1.29 is 46.4 Å². The third-order valence-electron chi connectivity index (χ3n) is 4.73. The van der Waals surface area contributed by atoms with Crippen LogP contribution < -0.4 is 4.65 Å². The molecule has 19 heteroatoms. The lowest BCUT2D eigenvalue weighted by Crippen LogP contribution is -2.55. The lowest BCUT2D eigenvalue weighted by molar-refractivity contribution is -0.146. The maximum absolute atomic E-state index is 11.4. The standard InChI is InChI=1S/C10H21BrO3Si.C10H21BrO2Si.C6H19NSi2.CH4O.2O2Si/c1-10(2,11)9(12)14-7-6-8-15(4,5)13-3;1-10(2,11)9(12)13-7-6-8-14(3,4)5;1-8(2,3)7-9(4,5)6;1-2;2*1-3-2/h6-8H2,1-5H3;6-8H2,1-5H3;7H,1-6H3;2H,1H3;;.